The van der Waals surface area contributed by atoms with E-state index in [-0.39, 0.29) is 18.2 Å². The molecule has 0 saturated carbocycles. The van der Waals surface area contributed by atoms with Crippen molar-refractivity contribution in [1.29, 1.82) is 0 Å². The van der Waals surface area contributed by atoms with E-state index in [2.05, 4.69) is 10.6 Å². The zero-order valence-corrected chi connectivity index (χ0v) is 10.3. The Kier molecular flexibility index (Phi) is 2.52. The van der Waals surface area contributed by atoms with Gasteiger partial charge in [-0.1, -0.05) is 18.2 Å². The van der Waals surface area contributed by atoms with Crippen LogP contribution in [0.5, 0.6) is 0 Å². The molecule has 0 bridgehead atoms. The molecule has 3 rings (SSSR count). The number of anilines is 1. The quantitative estimate of drug-likeness (QED) is 0.573. The van der Waals surface area contributed by atoms with Crippen LogP contribution in [0.2, 0.25) is 0 Å². The van der Waals surface area contributed by atoms with E-state index in [1.54, 1.807) is 4.90 Å². The lowest BCUT2D eigenvalue weighted by atomic mass is 10.1. The predicted molar refractivity (Wildman–Crippen MR) is 69.8 cm³/mol. The number of rotatable bonds is 1. The van der Waals surface area contributed by atoms with E-state index in [1.165, 1.54) is 0 Å². The molecule has 1 saturated heterocycles. The molecule has 5 nitrogen and oxygen atoms in total. The average Bonchev–Trinajstić information content (AvgIpc) is 2.67. The van der Waals surface area contributed by atoms with Crippen LogP contribution in [0.25, 0.3) is 0 Å². The van der Waals surface area contributed by atoms with E-state index in [0.29, 0.717) is 11.7 Å². The summed E-state index contributed by atoms with van der Waals surface area (Å²) in [5, 5.41) is 5.88. The number of carbonyl (C=O) groups is 2. The molecule has 1 aromatic rings. The zero-order chi connectivity index (χ0) is 12.7. The van der Waals surface area contributed by atoms with Crippen LogP contribution in [-0.2, 0) is 16.1 Å². The maximum atomic E-state index is 11.7. The number of nitrogens with zero attached hydrogens (tertiary/aromatic N) is 1. The van der Waals surface area contributed by atoms with Crippen molar-refractivity contribution in [2.75, 3.05) is 5.32 Å². The maximum Gasteiger partial charge on any atom is 0.249 e. The molecule has 1 unspecified atom stereocenters. The van der Waals surface area contributed by atoms with E-state index in [4.69, 9.17) is 12.2 Å². The van der Waals surface area contributed by atoms with Gasteiger partial charge in [-0.3, -0.25) is 14.9 Å². The molecule has 6 heteroatoms. The summed E-state index contributed by atoms with van der Waals surface area (Å²) in [6, 6.07) is 7.29. The smallest absolute Gasteiger partial charge is 0.249 e. The lowest BCUT2D eigenvalue weighted by Crippen LogP contribution is -2.48. The van der Waals surface area contributed by atoms with Crippen LogP contribution in [0.15, 0.2) is 24.3 Å². The SMILES string of the molecule is O=C1CC(N2Cc3ccccc3NC2=S)C(=O)N1. The molecule has 1 atom stereocenters. The Morgan fingerprint density at radius 1 is 1.22 bits per heavy atom. The lowest BCUT2D eigenvalue weighted by molar-refractivity contribution is -0.125. The zero-order valence-electron chi connectivity index (χ0n) is 9.47. The topological polar surface area (TPSA) is 61.4 Å². The number of thiocarbonyl (C=S) groups is 1. The van der Waals surface area contributed by atoms with Gasteiger partial charge >= 0.3 is 0 Å². The molecule has 18 heavy (non-hydrogen) atoms. The van der Waals surface area contributed by atoms with Crippen molar-refractivity contribution in [3.8, 4) is 0 Å². The Morgan fingerprint density at radius 2 is 2.00 bits per heavy atom. The minimum absolute atomic E-state index is 0.169. The second kappa shape index (κ2) is 4.06. The Labute approximate surface area is 109 Å². The third-order valence-corrected chi connectivity index (χ3v) is 3.52. The van der Waals surface area contributed by atoms with Crippen molar-refractivity contribution >= 4 is 34.8 Å². The van der Waals surface area contributed by atoms with E-state index in [1.807, 2.05) is 24.3 Å². The van der Waals surface area contributed by atoms with E-state index in [9.17, 15) is 9.59 Å². The first-order valence-corrected chi connectivity index (χ1v) is 6.05. The minimum Gasteiger partial charge on any atom is -0.332 e. The summed E-state index contributed by atoms with van der Waals surface area (Å²) >= 11 is 5.26. The number of para-hydroxylation sites is 1. The van der Waals surface area contributed by atoms with Gasteiger partial charge in [0.1, 0.15) is 6.04 Å². The molecule has 2 heterocycles. The third-order valence-electron chi connectivity index (χ3n) is 3.18. The fraction of sp³-hybridized carbons (Fsp3) is 0.250. The average molecular weight is 261 g/mol. The number of carbonyl (C=O) groups excluding carboxylic acids is 2. The second-order valence-electron chi connectivity index (χ2n) is 4.35. The van der Waals surface area contributed by atoms with Gasteiger partial charge in [-0.15, -0.1) is 0 Å². The van der Waals surface area contributed by atoms with Crippen LogP contribution >= 0.6 is 12.2 Å². The molecule has 92 valence electrons. The van der Waals surface area contributed by atoms with Crippen molar-refractivity contribution in [3.05, 3.63) is 29.8 Å². The highest BCUT2D eigenvalue weighted by atomic mass is 32.1. The maximum absolute atomic E-state index is 11.7. The molecule has 0 aliphatic carbocycles. The van der Waals surface area contributed by atoms with Crippen LogP contribution in [0.4, 0.5) is 5.69 Å². The van der Waals surface area contributed by atoms with Gasteiger partial charge < -0.3 is 10.2 Å². The van der Waals surface area contributed by atoms with Gasteiger partial charge in [-0.25, -0.2) is 0 Å². The number of fused-ring (bicyclic) bond motifs is 1. The van der Waals surface area contributed by atoms with Crippen molar-refractivity contribution in [2.45, 2.75) is 19.0 Å². The molecular weight excluding hydrogens is 250 g/mol. The highest BCUT2D eigenvalue weighted by molar-refractivity contribution is 7.80. The minimum atomic E-state index is -0.495. The first-order valence-electron chi connectivity index (χ1n) is 5.64. The fourth-order valence-corrected chi connectivity index (χ4v) is 2.57. The monoisotopic (exact) mass is 261 g/mol. The lowest BCUT2D eigenvalue weighted by Gasteiger charge is -2.34. The highest BCUT2D eigenvalue weighted by Gasteiger charge is 2.38. The number of amides is 2. The summed E-state index contributed by atoms with van der Waals surface area (Å²) in [6.07, 6.45) is 0.169. The largest absolute Gasteiger partial charge is 0.332 e. The normalized spacial score (nSPS) is 22.6. The Morgan fingerprint density at radius 3 is 2.72 bits per heavy atom. The fourth-order valence-electron chi connectivity index (χ4n) is 2.27. The van der Waals surface area contributed by atoms with Gasteiger partial charge in [0.05, 0.1) is 6.42 Å². The van der Waals surface area contributed by atoms with E-state index >= 15 is 0 Å². The van der Waals surface area contributed by atoms with Crippen LogP contribution < -0.4 is 10.6 Å². The highest BCUT2D eigenvalue weighted by Crippen LogP contribution is 2.26. The molecule has 0 spiro atoms. The Hall–Kier alpha value is -1.95. The molecule has 0 radical (unpaired) electrons. The summed E-state index contributed by atoms with van der Waals surface area (Å²) in [5.74, 6) is -0.518. The third kappa shape index (κ3) is 1.74. The van der Waals surface area contributed by atoms with Gasteiger partial charge in [-0.05, 0) is 23.8 Å². The van der Waals surface area contributed by atoms with Gasteiger partial charge in [0.25, 0.3) is 0 Å². The molecule has 2 N–H and O–H groups in total. The number of hydrogen-bond donors (Lipinski definition) is 2. The molecule has 2 aliphatic rings. The molecule has 1 fully saturated rings. The molecule has 0 aromatic heterocycles. The van der Waals surface area contributed by atoms with Crippen molar-refractivity contribution in [1.82, 2.24) is 10.2 Å². The molecule has 2 amide bonds. The summed E-state index contributed by atoms with van der Waals surface area (Å²) < 4.78 is 0. The van der Waals surface area contributed by atoms with Gasteiger partial charge in [0, 0.05) is 12.2 Å². The van der Waals surface area contributed by atoms with Gasteiger partial charge in [-0.2, -0.15) is 0 Å². The Balaban J connectivity index is 1.89. The number of benzene rings is 1. The molecular formula is C12H11N3O2S. The molecule has 1 aromatic carbocycles. The summed E-state index contributed by atoms with van der Waals surface area (Å²) in [5.41, 5.74) is 2.03. The van der Waals surface area contributed by atoms with Crippen LogP contribution in [0.1, 0.15) is 12.0 Å². The van der Waals surface area contributed by atoms with Gasteiger partial charge in [0.2, 0.25) is 11.8 Å². The first kappa shape index (κ1) is 11.2. The standard InChI is InChI=1S/C12H11N3O2S/c16-10-5-9(11(17)14-10)15-6-7-3-1-2-4-8(7)13-12(15)18/h1-4,9H,5-6H2,(H,13,18)(H,14,16,17). The number of hydrogen-bond acceptors (Lipinski definition) is 3. The first-order chi connectivity index (χ1) is 8.65. The summed E-state index contributed by atoms with van der Waals surface area (Å²) in [6.45, 7) is 0.549. The van der Waals surface area contributed by atoms with E-state index in [0.717, 1.165) is 11.3 Å². The van der Waals surface area contributed by atoms with E-state index < -0.39 is 6.04 Å². The van der Waals surface area contributed by atoms with Crippen molar-refractivity contribution in [2.24, 2.45) is 0 Å². The van der Waals surface area contributed by atoms with Gasteiger partial charge in [0.15, 0.2) is 5.11 Å². The summed E-state index contributed by atoms with van der Waals surface area (Å²) in [4.78, 5) is 24.7. The second-order valence-corrected chi connectivity index (χ2v) is 4.73. The Bertz CT molecular complexity index is 558. The summed E-state index contributed by atoms with van der Waals surface area (Å²) in [7, 11) is 0. The van der Waals surface area contributed by atoms with Crippen molar-refractivity contribution in [3.63, 3.8) is 0 Å². The number of nitrogens with one attached hydrogen (secondary N) is 2. The van der Waals surface area contributed by atoms with Crippen molar-refractivity contribution < 1.29 is 9.59 Å². The van der Waals surface area contributed by atoms with Crippen LogP contribution in [-0.4, -0.2) is 27.9 Å². The van der Waals surface area contributed by atoms with Crippen LogP contribution in [0.3, 0.4) is 0 Å². The van der Waals surface area contributed by atoms with Crippen LogP contribution in [0, 0.1) is 0 Å². The number of imide groups is 1. The predicted octanol–water partition coefficient (Wildman–Crippen LogP) is 0.614. The molecule has 2 aliphatic heterocycles.